The fraction of sp³-hybridized carbons (Fsp3) is 0.235. The van der Waals surface area contributed by atoms with Crippen LogP contribution in [0.2, 0.25) is 10.0 Å². The molecule has 21 heavy (non-hydrogen) atoms. The number of aryl methyl sites for hydroxylation is 2. The lowest BCUT2D eigenvalue weighted by Crippen LogP contribution is -2.16. The van der Waals surface area contributed by atoms with Crippen LogP contribution in [0.15, 0.2) is 36.4 Å². The molecule has 0 saturated heterocycles. The lowest BCUT2D eigenvalue weighted by molar-refractivity contribution is -0.115. The number of carbonyl (C=O) groups is 1. The molecule has 0 heterocycles. The zero-order chi connectivity index (χ0) is 15.4. The van der Waals surface area contributed by atoms with E-state index < -0.39 is 0 Å². The molecule has 0 aliphatic heterocycles. The lowest BCUT2D eigenvalue weighted by atomic mass is 10.1. The Morgan fingerprint density at radius 1 is 1.14 bits per heavy atom. The van der Waals surface area contributed by atoms with Crippen LogP contribution in [0.3, 0.4) is 0 Å². The van der Waals surface area contributed by atoms with Gasteiger partial charge in [-0.2, -0.15) is 0 Å². The topological polar surface area (TPSA) is 29.1 Å². The zero-order valence-corrected chi connectivity index (χ0v) is 13.6. The van der Waals surface area contributed by atoms with E-state index in [9.17, 15) is 4.79 Å². The Morgan fingerprint density at radius 3 is 2.57 bits per heavy atom. The molecule has 2 aromatic rings. The van der Waals surface area contributed by atoms with E-state index in [2.05, 4.69) is 12.2 Å². The van der Waals surface area contributed by atoms with Crippen molar-refractivity contribution in [3.05, 3.63) is 63.1 Å². The first-order chi connectivity index (χ1) is 10.0. The molecule has 0 aromatic heterocycles. The minimum atomic E-state index is -0.0803. The fourth-order valence-electron chi connectivity index (χ4n) is 2.22. The molecule has 110 valence electrons. The normalized spacial score (nSPS) is 10.5. The van der Waals surface area contributed by atoms with Gasteiger partial charge in [0.05, 0.1) is 6.42 Å². The van der Waals surface area contributed by atoms with Crippen LogP contribution in [0.4, 0.5) is 5.69 Å². The SMILES string of the molecule is CCc1cccc(C)c1NC(=O)Cc1ccc(Cl)cc1Cl. The predicted octanol–water partition coefficient (Wildman–Crippen LogP) is 5.05. The smallest absolute Gasteiger partial charge is 0.228 e. The van der Waals surface area contributed by atoms with Gasteiger partial charge in [0.15, 0.2) is 0 Å². The summed E-state index contributed by atoms with van der Waals surface area (Å²) in [4.78, 5) is 12.2. The van der Waals surface area contributed by atoms with E-state index in [1.54, 1.807) is 18.2 Å². The highest BCUT2D eigenvalue weighted by atomic mass is 35.5. The first kappa shape index (κ1) is 15.9. The summed E-state index contributed by atoms with van der Waals surface area (Å²) in [6.45, 7) is 4.06. The van der Waals surface area contributed by atoms with Gasteiger partial charge < -0.3 is 5.32 Å². The second-order valence-corrected chi connectivity index (χ2v) is 5.77. The largest absolute Gasteiger partial charge is 0.325 e. The summed E-state index contributed by atoms with van der Waals surface area (Å²) in [6.07, 6.45) is 1.10. The summed E-state index contributed by atoms with van der Waals surface area (Å²) in [5, 5.41) is 4.07. The molecule has 1 N–H and O–H groups in total. The number of benzene rings is 2. The minimum Gasteiger partial charge on any atom is -0.325 e. The fourth-order valence-corrected chi connectivity index (χ4v) is 2.70. The molecule has 0 saturated carbocycles. The summed E-state index contributed by atoms with van der Waals surface area (Å²) in [5.41, 5.74) is 3.86. The molecule has 0 radical (unpaired) electrons. The molecule has 0 unspecified atom stereocenters. The first-order valence-corrected chi connectivity index (χ1v) is 7.59. The number of amides is 1. The van der Waals surface area contributed by atoms with Gasteiger partial charge in [0.1, 0.15) is 0 Å². The zero-order valence-electron chi connectivity index (χ0n) is 12.0. The third-order valence-electron chi connectivity index (χ3n) is 3.37. The Labute approximate surface area is 135 Å². The van der Waals surface area contributed by atoms with Crippen molar-refractivity contribution in [1.82, 2.24) is 0 Å². The molecule has 0 aliphatic rings. The van der Waals surface area contributed by atoms with E-state index in [-0.39, 0.29) is 12.3 Å². The molecule has 0 bridgehead atoms. The molecule has 2 aromatic carbocycles. The molecule has 0 spiro atoms. The van der Waals surface area contributed by atoms with Crippen molar-refractivity contribution in [2.45, 2.75) is 26.7 Å². The molecule has 2 rings (SSSR count). The van der Waals surface area contributed by atoms with E-state index in [1.807, 2.05) is 25.1 Å². The number of anilines is 1. The van der Waals surface area contributed by atoms with Gasteiger partial charge in [-0.15, -0.1) is 0 Å². The minimum absolute atomic E-state index is 0.0803. The Kier molecular flexibility index (Phi) is 5.27. The summed E-state index contributed by atoms with van der Waals surface area (Å²) in [6, 6.07) is 11.2. The third kappa shape index (κ3) is 3.99. The highest BCUT2D eigenvalue weighted by Crippen LogP contribution is 2.24. The van der Waals surface area contributed by atoms with Crippen LogP contribution < -0.4 is 5.32 Å². The highest BCUT2D eigenvalue weighted by Gasteiger charge is 2.11. The predicted molar refractivity (Wildman–Crippen MR) is 89.4 cm³/mol. The quantitative estimate of drug-likeness (QED) is 0.839. The van der Waals surface area contributed by atoms with Crippen LogP contribution in [0, 0.1) is 6.92 Å². The molecular formula is C17H17Cl2NO. The highest BCUT2D eigenvalue weighted by molar-refractivity contribution is 6.35. The van der Waals surface area contributed by atoms with Gasteiger partial charge in [0, 0.05) is 15.7 Å². The van der Waals surface area contributed by atoms with E-state index in [1.165, 1.54) is 0 Å². The van der Waals surface area contributed by atoms with Crippen molar-refractivity contribution in [3.8, 4) is 0 Å². The molecule has 0 atom stereocenters. The van der Waals surface area contributed by atoms with Gasteiger partial charge in [0.2, 0.25) is 5.91 Å². The summed E-state index contributed by atoms with van der Waals surface area (Å²) in [7, 11) is 0. The molecule has 0 aliphatic carbocycles. The van der Waals surface area contributed by atoms with Crippen molar-refractivity contribution in [2.75, 3.05) is 5.32 Å². The number of hydrogen-bond donors (Lipinski definition) is 1. The first-order valence-electron chi connectivity index (χ1n) is 6.83. The standard InChI is InChI=1S/C17H17Cl2NO/c1-3-12-6-4-5-11(2)17(12)20-16(21)9-13-7-8-14(18)10-15(13)19/h4-8,10H,3,9H2,1-2H3,(H,20,21). The number of hydrogen-bond acceptors (Lipinski definition) is 1. The van der Waals surface area contributed by atoms with E-state index in [0.29, 0.717) is 10.0 Å². The molecule has 1 amide bonds. The number of rotatable bonds is 4. The molecule has 0 fully saturated rings. The van der Waals surface area contributed by atoms with Crippen LogP contribution in [0.25, 0.3) is 0 Å². The Morgan fingerprint density at radius 2 is 1.90 bits per heavy atom. The maximum atomic E-state index is 12.2. The van der Waals surface area contributed by atoms with Gasteiger partial charge in [-0.05, 0) is 42.2 Å². The lowest BCUT2D eigenvalue weighted by Gasteiger charge is -2.13. The Hall–Kier alpha value is -1.51. The van der Waals surface area contributed by atoms with E-state index in [0.717, 1.165) is 28.8 Å². The van der Waals surface area contributed by atoms with Gasteiger partial charge in [-0.1, -0.05) is 54.4 Å². The van der Waals surface area contributed by atoms with E-state index in [4.69, 9.17) is 23.2 Å². The number of halogens is 2. The van der Waals surface area contributed by atoms with Gasteiger partial charge in [-0.25, -0.2) is 0 Å². The van der Waals surface area contributed by atoms with Crippen molar-refractivity contribution >= 4 is 34.8 Å². The van der Waals surface area contributed by atoms with Crippen LogP contribution in [-0.4, -0.2) is 5.91 Å². The van der Waals surface area contributed by atoms with Crippen LogP contribution in [-0.2, 0) is 17.6 Å². The second-order valence-electron chi connectivity index (χ2n) is 4.92. The number of para-hydroxylation sites is 1. The average molecular weight is 322 g/mol. The summed E-state index contributed by atoms with van der Waals surface area (Å²) >= 11 is 12.0. The van der Waals surface area contributed by atoms with Crippen LogP contribution in [0.5, 0.6) is 0 Å². The number of carbonyl (C=O) groups excluding carboxylic acids is 1. The maximum absolute atomic E-state index is 12.2. The van der Waals surface area contributed by atoms with Crippen LogP contribution in [0.1, 0.15) is 23.6 Å². The summed E-state index contributed by atoms with van der Waals surface area (Å²) < 4.78 is 0. The summed E-state index contributed by atoms with van der Waals surface area (Å²) in [5.74, 6) is -0.0803. The molecule has 2 nitrogen and oxygen atoms in total. The third-order valence-corrected chi connectivity index (χ3v) is 3.96. The van der Waals surface area contributed by atoms with Gasteiger partial charge >= 0.3 is 0 Å². The van der Waals surface area contributed by atoms with E-state index >= 15 is 0 Å². The van der Waals surface area contributed by atoms with Crippen molar-refractivity contribution in [1.29, 1.82) is 0 Å². The van der Waals surface area contributed by atoms with Crippen LogP contribution >= 0.6 is 23.2 Å². The Balaban J connectivity index is 2.15. The molecular weight excluding hydrogens is 305 g/mol. The average Bonchev–Trinajstić information content (AvgIpc) is 2.44. The molecule has 4 heteroatoms. The van der Waals surface area contributed by atoms with Crippen molar-refractivity contribution in [2.24, 2.45) is 0 Å². The van der Waals surface area contributed by atoms with Gasteiger partial charge in [0.25, 0.3) is 0 Å². The Bertz CT molecular complexity index is 668. The second kappa shape index (κ2) is 6.97. The number of nitrogens with one attached hydrogen (secondary N) is 1. The monoisotopic (exact) mass is 321 g/mol. The maximum Gasteiger partial charge on any atom is 0.228 e. The van der Waals surface area contributed by atoms with Gasteiger partial charge in [-0.3, -0.25) is 4.79 Å². The van der Waals surface area contributed by atoms with Crippen molar-refractivity contribution < 1.29 is 4.79 Å². The van der Waals surface area contributed by atoms with Crippen molar-refractivity contribution in [3.63, 3.8) is 0 Å².